The van der Waals surface area contributed by atoms with E-state index in [1.807, 2.05) is 0 Å². The van der Waals surface area contributed by atoms with Crippen LogP contribution >= 0.6 is 0 Å². The van der Waals surface area contributed by atoms with E-state index in [1.54, 1.807) is 0 Å². The minimum atomic E-state index is 0.0972. The Morgan fingerprint density at radius 3 is 1.39 bits per heavy atom. The van der Waals surface area contributed by atoms with Gasteiger partial charge in [-0.05, 0) is 38.6 Å². The summed E-state index contributed by atoms with van der Waals surface area (Å²) in [5.41, 5.74) is 10.3. The van der Waals surface area contributed by atoms with E-state index in [0.717, 1.165) is 6.54 Å². The average molecular weight is 329 g/mol. The molecule has 23 heavy (non-hydrogen) atoms. The van der Waals surface area contributed by atoms with Crippen LogP contribution in [0.25, 0.3) is 0 Å². The van der Waals surface area contributed by atoms with E-state index in [-0.39, 0.29) is 6.61 Å². The van der Waals surface area contributed by atoms with Crippen molar-refractivity contribution in [1.82, 2.24) is 0 Å². The molecule has 5 N–H and O–H groups in total. The fourth-order valence-electron chi connectivity index (χ4n) is 2.39. The Morgan fingerprint density at radius 2 is 1.00 bits per heavy atom. The van der Waals surface area contributed by atoms with Crippen LogP contribution in [-0.4, -0.2) is 24.8 Å². The van der Waals surface area contributed by atoms with Crippen molar-refractivity contribution in [3.05, 3.63) is 12.2 Å². The first-order valence-corrected chi connectivity index (χ1v) is 9.99. The highest BCUT2D eigenvalue weighted by Crippen LogP contribution is 2.09. The zero-order valence-electron chi connectivity index (χ0n) is 15.8. The van der Waals surface area contributed by atoms with E-state index < -0.39 is 0 Å². The normalized spacial score (nSPS) is 10.8. The number of hydrogen-bond donors (Lipinski definition) is 3. The van der Waals surface area contributed by atoms with Gasteiger partial charge in [0, 0.05) is 6.54 Å². The van der Waals surface area contributed by atoms with Crippen molar-refractivity contribution in [2.45, 2.75) is 96.8 Å². The molecule has 0 aromatic carbocycles. The van der Waals surface area contributed by atoms with Gasteiger partial charge in [-0.25, -0.2) is 0 Å². The third-order valence-corrected chi connectivity index (χ3v) is 3.85. The van der Waals surface area contributed by atoms with E-state index >= 15 is 0 Å². The van der Waals surface area contributed by atoms with Crippen molar-refractivity contribution in [3.63, 3.8) is 0 Å². The minimum Gasteiger partial charge on any atom is -0.395 e. The van der Waals surface area contributed by atoms with Crippen molar-refractivity contribution in [2.24, 2.45) is 11.5 Å². The van der Waals surface area contributed by atoms with Gasteiger partial charge in [-0.3, -0.25) is 0 Å². The van der Waals surface area contributed by atoms with E-state index in [9.17, 15) is 0 Å². The monoisotopic (exact) mass is 328 g/mol. The molecule has 140 valence electrons. The molecule has 0 spiro atoms. The van der Waals surface area contributed by atoms with Crippen LogP contribution in [0.4, 0.5) is 0 Å². The fourth-order valence-corrected chi connectivity index (χ4v) is 2.39. The zero-order valence-corrected chi connectivity index (χ0v) is 15.8. The Labute approximate surface area is 145 Å². The van der Waals surface area contributed by atoms with Crippen LogP contribution in [0.1, 0.15) is 96.8 Å². The Morgan fingerprint density at radius 1 is 0.609 bits per heavy atom. The zero-order chi connectivity index (χ0) is 17.4. The number of nitrogens with two attached hydrogens (primary N) is 2. The third kappa shape index (κ3) is 30.1. The lowest BCUT2D eigenvalue weighted by Crippen LogP contribution is -2.02. The first-order chi connectivity index (χ1) is 11.3. The maximum Gasteiger partial charge on any atom is 0.0553 e. The van der Waals surface area contributed by atoms with Crippen LogP contribution < -0.4 is 11.5 Å². The number of aliphatic hydroxyl groups is 1. The lowest BCUT2D eigenvalue weighted by atomic mass is 10.1. The average Bonchev–Trinajstić information content (AvgIpc) is 2.58. The molecular weight excluding hydrogens is 284 g/mol. The molecule has 3 nitrogen and oxygen atoms in total. The van der Waals surface area contributed by atoms with E-state index in [2.05, 4.69) is 19.1 Å². The van der Waals surface area contributed by atoms with Gasteiger partial charge in [-0.1, -0.05) is 76.9 Å². The highest BCUT2D eigenvalue weighted by molar-refractivity contribution is 4.81. The van der Waals surface area contributed by atoms with Gasteiger partial charge in [-0.2, -0.15) is 0 Å². The standard InChI is InChI=1S/C18H37N.C2H7NO/c1-2-3-4-5-6-7-8-9-10-11-12-13-14-15-16-17-18-19;3-1-2-4/h9-10H,2-8,11-19H2,1H3;4H,1-3H2/b10-9-;. The Bertz CT molecular complexity index is 206. The summed E-state index contributed by atoms with van der Waals surface area (Å²) in [6, 6.07) is 0. The van der Waals surface area contributed by atoms with Crippen LogP contribution in [0.2, 0.25) is 0 Å². The molecule has 0 aromatic rings. The molecule has 3 heteroatoms. The van der Waals surface area contributed by atoms with Crippen molar-refractivity contribution in [1.29, 1.82) is 0 Å². The quantitative estimate of drug-likeness (QED) is 0.278. The highest BCUT2D eigenvalue weighted by atomic mass is 16.3. The summed E-state index contributed by atoms with van der Waals surface area (Å²) in [5, 5.41) is 7.75. The summed E-state index contributed by atoms with van der Waals surface area (Å²) in [5.74, 6) is 0. The molecule has 0 amide bonds. The molecular formula is C20H44N2O. The lowest BCUT2D eigenvalue weighted by Gasteiger charge is -1.99. The molecule has 0 aliphatic heterocycles. The first-order valence-electron chi connectivity index (χ1n) is 9.99. The van der Waals surface area contributed by atoms with Crippen LogP contribution in [0, 0.1) is 0 Å². The number of rotatable bonds is 16. The largest absolute Gasteiger partial charge is 0.395 e. The SMILES string of the molecule is CCCCCCCC/C=C\CCCCCCCCN.NCCO. The second kappa shape index (κ2) is 26.5. The molecule has 0 rings (SSSR count). The van der Waals surface area contributed by atoms with Crippen molar-refractivity contribution in [2.75, 3.05) is 19.7 Å². The molecule has 0 atom stereocenters. The Kier molecular flexibility index (Phi) is 28.7. The molecule has 0 saturated carbocycles. The van der Waals surface area contributed by atoms with Gasteiger partial charge in [0.15, 0.2) is 0 Å². The summed E-state index contributed by atoms with van der Waals surface area (Å²) in [6.45, 7) is 3.61. The molecule has 0 unspecified atom stereocenters. The highest BCUT2D eigenvalue weighted by Gasteiger charge is 1.90. The molecule has 0 aliphatic carbocycles. The number of unbranched alkanes of at least 4 members (excludes halogenated alkanes) is 12. The van der Waals surface area contributed by atoms with Gasteiger partial charge in [0.05, 0.1) is 6.61 Å². The predicted molar refractivity (Wildman–Crippen MR) is 105 cm³/mol. The second-order valence-electron chi connectivity index (χ2n) is 6.24. The van der Waals surface area contributed by atoms with Gasteiger partial charge >= 0.3 is 0 Å². The van der Waals surface area contributed by atoms with Gasteiger partial charge < -0.3 is 16.6 Å². The van der Waals surface area contributed by atoms with E-state index in [0.29, 0.717) is 6.54 Å². The van der Waals surface area contributed by atoms with E-state index in [4.69, 9.17) is 16.6 Å². The molecule has 0 aliphatic rings. The summed E-state index contributed by atoms with van der Waals surface area (Å²) in [7, 11) is 0. The molecule has 0 heterocycles. The fraction of sp³-hybridized carbons (Fsp3) is 0.900. The van der Waals surface area contributed by atoms with Crippen molar-refractivity contribution in [3.8, 4) is 0 Å². The molecule has 0 saturated heterocycles. The molecule has 0 bridgehead atoms. The van der Waals surface area contributed by atoms with Crippen LogP contribution in [0.5, 0.6) is 0 Å². The van der Waals surface area contributed by atoms with Gasteiger partial charge in [-0.15, -0.1) is 0 Å². The predicted octanol–water partition coefficient (Wildman–Crippen LogP) is 4.92. The third-order valence-electron chi connectivity index (χ3n) is 3.85. The molecule has 0 radical (unpaired) electrons. The van der Waals surface area contributed by atoms with Crippen molar-refractivity contribution < 1.29 is 5.11 Å². The van der Waals surface area contributed by atoms with Crippen LogP contribution in [0.3, 0.4) is 0 Å². The lowest BCUT2D eigenvalue weighted by molar-refractivity contribution is 0.306. The molecule has 0 fully saturated rings. The maximum absolute atomic E-state index is 7.75. The summed E-state index contributed by atoms with van der Waals surface area (Å²) in [6.07, 6.45) is 23.9. The number of allylic oxidation sites excluding steroid dienone is 2. The number of aliphatic hydroxyl groups excluding tert-OH is 1. The smallest absolute Gasteiger partial charge is 0.0553 e. The van der Waals surface area contributed by atoms with E-state index in [1.165, 1.54) is 89.9 Å². The van der Waals surface area contributed by atoms with Crippen molar-refractivity contribution >= 4 is 0 Å². The first kappa shape index (κ1) is 24.9. The molecule has 0 aromatic heterocycles. The number of hydrogen-bond acceptors (Lipinski definition) is 3. The van der Waals surface area contributed by atoms with Crippen LogP contribution in [-0.2, 0) is 0 Å². The topological polar surface area (TPSA) is 72.3 Å². The Balaban J connectivity index is 0. The summed E-state index contributed by atoms with van der Waals surface area (Å²) >= 11 is 0. The minimum absolute atomic E-state index is 0.0972. The van der Waals surface area contributed by atoms with Gasteiger partial charge in [0.2, 0.25) is 0 Å². The second-order valence-corrected chi connectivity index (χ2v) is 6.24. The van der Waals surface area contributed by atoms with Gasteiger partial charge in [0.25, 0.3) is 0 Å². The van der Waals surface area contributed by atoms with Gasteiger partial charge in [0.1, 0.15) is 0 Å². The maximum atomic E-state index is 7.75. The van der Waals surface area contributed by atoms with Crippen LogP contribution in [0.15, 0.2) is 12.2 Å². The summed E-state index contributed by atoms with van der Waals surface area (Å²) < 4.78 is 0. The Hall–Kier alpha value is -0.380. The summed E-state index contributed by atoms with van der Waals surface area (Å²) in [4.78, 5) is 0.